The summed E-state index contributed by atoms with van der Waals surface area (Å²) < 4.78 is 0. The standard InChI is InChI=1S/C12H10N2O3/c15-11(10-7-4-8-13-10)14-17-12(16)9-5-2-1-3-6-9/h1-8,13H,(H,14,15). The molecule has 1 heterocycles. The molecule has 0 unspecified atom stereocenters. The third-order valence-corrected chi connectivity index (χ3v) is 2.09. The molecule has 2 N–H and O–H groups in total. The Labute approximate surface area is 97.4 Å². The molecule has 0 radical (unpaired) electrons. The molecule has 2 aromatic rings. The van der Waals surface area contributed by atoms with Crippen LogP contribution in [-0.2, 0) is 4.84 Å². The second-order valence-electron chi connectivity index (χ2n) is 3.27. The molecule has 5 heteroatoms. The van der Waals surface area contributed by atoms with Gasteiger partial charge in [0, 0.05) is 6.20 Å². The van der Waals surface area contributed by atoms with Crippen LogP contribution in [0, 0.1) is 0 Å². The van der Waals surface area contributed by atoms with Crippen molar-refractivity contribution in [3.63, 3.8) is 0 Å². The summed E-state index contributed by atoms with van der Waals surface area (Å²) in [6, 6.07) is 11.7. The van der Waals surface area contributed by atoms with Gasteiger partial charge in [-0.05, 0) is 24.3 Å². The highest BCUT2D eigenvalue weighted by atomic mass is 16.7. The highest BCUT2D eigenvalue weighted by Crippen LogP contribution is 2.00. The van der Waals surface area contributed by atoms with Gasteiger partial charge in [0.1, 0.15) is 5.69 Å². The Bertz CT molecular complexity index is 506. The number of aromatic amines is 1. The maximum atomic E-state index is 11.5. The molecule has 0 aliphatic carbocycles. The van der Waals surface area contributed by atoms with Crippen molar-refractivity contribution in [2.24, 2.45) is 0 Å². The van der Waals surface area contributed by atoms with Gasteiger partial charge in [0.25, 0.3) is 5.91 Å². The summed E-state index contributed by atoms with van der Waals surface area (Å²) in [5.41, 5.74) is 2.76. The molecule has 0 bridgehead atoms. The molecule has 0 aliphatic heterocycles. The van der Waals surface area contributed by atoms with Crippen LogP contribution in [0.3, 0.4) is 0 Å². The Morgan fingerprint density at radius 3 is 2.47 bits per heavy atom. The summed E-state index contributed by atoms with van der Waals surface area (Å²) in [5.74, 6) is -1.11. The number of carbonyl (C=O) groups is 2. The van der Waals surface area contributed by atoms with Crippen LogP contribution in [0.1, 0.15) is 20.8 Å². The summed E-state index contributed by atoms with van der Waals surface area (Å²) in [7, 11) is 0. The van der Waals surface area contributed by atoms with E-state index in [1.807, 2.05) is 0 Å². The topological polar surface area (TPSA) is 71.2 Å². The van der Waals surface area contributed by atoms with Crippen LogP contribution in [0.25, 0.3) is 0 Å². The van der Waals surface area contributed by atoms with Gasteiger partial charge < -0.3 is 9.82 Å². The molecular weight excluding hydrogens is 220 g/mol. The van der Waals surface area contributed by atoms with Crippen molar-refractivity contribution >= 4 is 11.9 Å². The molecule has 0 saturated carbocycles. The van der Waals surface area contributed by atoms with Gasteiger partial charge in [0.05, 0.1) is 5.56 Å². The molecule has 5 nitrogen and oxygen atoms in total. The number of hydroxylamine groups is 1. The van der Waals surface area contributed by atoms with E-state index >= 15 is 0 Å². The first-order chi connectivity index (χ1) is 8.27. The van der Waals surface area contributed by atoms with Crippen molar-refractivity contribution < 1.29 is 14.4 Å². The van der Waals surface area contributed by atoms with Crippen LogP contribution in [0.5, 0.6) is 0 Å². The zero-order chi connectivity index (χ0) is 12.1. The van der Waals surface area contributed by atoms with Crippen molar-refractivity contribution in [1.82, 2.24) is 10.5 Å². The van der Waals surface area contributed by atoms with Crippen LogP contribution in [0.4, 0.5) is 0 Å². The average molecular weight is 230 g/mol. The molecule has 1 aromatic carbocycles. The first-order valence-corrected chi connectivity index (χ1v) is 4.97. The van der Waals surface area contributed by atoms with E-state index < -0.39 is 11.9 Å². The molecule has 1 aromatic heterocycles. The first-order valence-electron chi connectivity index (χ1n) is 4.97. The number of hydrogen-bond acceptors (Lipinski definition) is 3. The second kappa shape index (κ2) is 4.98. The van der Waals surface area contributed by atoms with Crippen molar-refractivity contribution in [3.05, 3.63) is 59.9 Å². The molecule has 0 saturated heterocycles. The summed E-state index contributed by atoms with van der Waals surface area (Å²) in [6.07, 6.45) is 1.61. The van der Waals surface area contributed by atoms with E-state index in [4.69, 9.17) is 0 Å². The number of nitrogens with one attached hydrogen (secondary N) is 2. The fourth-order valence-electron chi connectivity index (χ4n) is 1.25. The van der Waals surface area contributed by atoms with Crippen LogP contribution < -0.4 is 5.48 Å². The fourth-order valence-corrected chi connectivity index (χ4v) is 1.25. The normalized spacial score (nSPS) is 9.65. The van der Waals surface area contributed by atoms with E-state index in [2.05, 4.69) is 15.3 Å². The number of benzene rings is 1. The SMILES string of the molecule is O=C(ONC(=O)c1ccc[nH]1)c1ccccc1. The lowest BCUT2D eigenvalue weighted by Crippen LogP contribution is -2.27. The predicted octanol–water partition coefficient (Wildman–Crippen LogP) is 1.52. The predicted molar refractivity (Wildman–Crippen MR) is 60.1 cm³/mol. The van der Waals surface area contributed by atoms with Gasteiger partial charge in [-0.1, -0.05) is 18.2 Å². The third kappa shape index (κ3) is 2.72. The number of H-pyrrole nitrogens is 1. The molecule has 17 heavy (non-hydrogen) atoms. The maximum absolute atomic E-state index is 11.5. The highest BCUT2D eigenvalue weighted by Gasteiger charge is 2.10. The summed E-state index contributed by atoms with van der Waals surface area (Å²) in [6.45, 7) is 0. The molecule has 0 aliphatic rings. The van der Waals surface area contributed by atoms with Gasteiger partial charge in [-0.3, -0.25) is 4.79 Å². The molecule has 0 atom stereocenters. The molecule has 0 fully saturated rings. The quantitative estimate of drug-likeness (QED) is 0.768. The number of amides is 1. The zero-order valence-electron chi connectivity index (χ0n) is 8.84. The van der Waals surface area contributed by atoms with Crippen LogP contribution in [0.15, 0.2) is 48.7 Å². The Balaban J connectivity index is 1.91. The number of hydrogen-bond donors (Lipinski definition) is 2. The lowest BCUT2D eigenvalue weighted by atomic mass is 10.2. The van der Waals surface area contributed by atoms with Gasteiger partial charge in [0.2, 0.25) is 0 Å². The minimum atomic E-state index is -0.606. The fraction of sp³-hybridized carbons (Fsp3) is 0. The van der Waals surface area contributed by atoms with Crippen molar-refractivity contribution in [3.8, 4) is 0 Å². The van der Waals surface area contributed by atoms with Crippen LogP contribution >= 0.6 is 0 Å². The van der Waals surface area contributed by atoms with E-state index in [0.29, 0.717) is 11.3 Å². The molecular formula is C12H10N2O3. The zero-order valence-corrected chi connectivity index (χ0v) is 8.84. The minimum absolute atomic E-state index is 0.325. The van der Waals surface area contributed by atoms with Crippen molar-refractivity contribution in [1.29, 1.82) is 0 Å². The van der Waals surface area contributed by atoms with E-state index in [-0.39, 0.29) is 0 Å². The smallest absolute Gasteiger partial charge is 0.357 e. The van der Waals surface area contributed by atoms with E-state index in [9.17, 15) is 9.59 Å². The monoisotopic (exact) mass is 230 g/mol. The Kier molecular flexibility index (Phi) is 3.20. The lowest BCUT2D eigenvalue weighted by Gasteiger charge is -2.04. The summed E-state index contributed by atoms with van der Waals surface area (Å²) in [4.78, 5) is 30.2. The van der Waals surface area contributed by atoms with Gasteiger partial charge in [-0.25, -0.2) is 4.79 Å². The van der Waals surface area contributed by atoms with Crippen molar-refractivity contribution in [2.45, 2.75) is 0 Å². The first kappa shape index (κ1) is 10.9. The summed E-state index contributed by atoms with van der Waals surface area (Å²) in [5, 5.41) is 0. The lowest BCUT2D eigenvalue weighted by molar-refractivity contribution is 0.0228. The largest absolute Gasteiger partial charge is 0.362 e. The Hall–Kier alpha value is -2.56. The average Bonchev–Trinajstić information content (AvgIpc) is 2.90. The number of aromatic nitrogens is 1. The van der Waals surface area contributed by atoms with E-state index in [1.54, 1.807) is 48.7 Å². The molecule has 2 rings (SSSR count). The van der Waals surface area contributed by atoms with Crippen LogP contribution in [0.2, 0.25) is 0 Å². The van der Waals surface area contributed by atoms with E-state index in [1.165, 1.54) is 0 Å². The van der Waals surface area contributed by atoms with Gasteiger partial charge in [-0.15, -0.1) is 0 Å². The Morgan fingerprint density at radius 1 is 1.06 bits per heavy atom. The third-order valence-electron chi connectivity index (χ3n) is 2.09. The summed E-state index contributed by atoms with van der Waals surface area (Å²) >= 11 is 0. The minimum Gasteiger partial charge on any atom is -0.357 e. The van der Waals surface area contributed by atoms with E-state index in [0.717, 1.165) is 0 Å². The molecule has 0 spiro atoms. The van der Waals surface area contributed by atoms with Gasteiger partial charge >= 0.3 is 5.97 Å². The molecule has 1 amide bonds. The maximum Gasteiger partial charge on any atom is 0.362 e. The molecule has 86 valence electrons. The van der Waals surface area contributed by atoms with Gasteiger partial charge in [-0.2, -0.15) is 5.48 Å². The number of rotatable bonds is 2. The highest BCUT2D eigenvalue weighted by molar-refractivity contribution is 5.94. The number of carbonyl (C=O) groups excluding carboxylic acids is 2. The van der Waals surface area contributed by atoms with Gasteiger partial charge in [0.15, 0.2) is 0 Å². The van der Waals surface area contributed by atoms with Crippen LogP contribution in [-0.4, -0.2) is 16.9 Å². The van der Waals surface area contributed by atoms with Crippen molar-refractivity contribution in [2.75, 3.05) is 0 Å². The Morgan fingerprint density at radius 2 is 1.82 bits per heavy atom. The second-order valence-corrected chi connectivity index (χ2v) is 3.27.